The number of rotatable bonds is 8. The number of carbonyl (C=O) groups excluding carboxylic acids is 1. The number of sulfonamides is 1. The van der Waals surface area contributed by atoms with E-state index in [9.17, 15) is 13.2 Å². The van der Waals surface area contributed by atoms with Gasteiger partial charge in [0.15, 0.2) is 0 Å². The van der Waals surface area contributed by atoms with Crippen LogP contribution in [0.1, 0.15) is 23.7 Å². The highest BCUT2D eigenvalue weighted by atomic mass is 32.2. The molecule has 0 spiro atoms. The van der Waals surface area contributed by atoms with E-state index >= 15 is 0 Å². The Morgan fingerprint density at radius 1 is 1.29 bits per heavy atom. The summed E-state index contributed by atoms with van der Waals surface area (Å²) in [5.41, 5.74) is 0.0971. The van der Waals surface area contributed by atoms with Gasteiger partial charge in [-0.1, -0.05) is 0 Å². The molecule has 0 bridgehead atoms. The maximum absolute atomic E-state index is 11.8. The van der Waals surface area contributed by atoms with Crippen molar-refractivity contribution in [1.29, 1.82) is 0 Å². The van der Waals surface area contributed by atoms with Gasteiger partial charge >= 0.3 is 5.97 Å². The lowest BCUT2D eigenvalue weighted by atomic mass is 10.2. The number of methoxy groups -OCH3 is 1. The zero-order valence-corrected chi connectivity index (χ0v) is 12.8. The molecule has 1 aromatic rings. The molecule has 0 radical (unpaired) electrons. The summed E-state index contributed by atoms with van der Waals surface area (Å²) in [5, 5.41) is 5.12. The SMILES string of the molecule is CCOc1ccc(C(=O)OCCCOC)cc1S(N)(=O)=O. The Morgan fingerprint density at radius 2 is 2.00 bits per heavy atom. The van der Waals surface area contributed by atoms with Gasteiger partial charge in [0, 0.05) is 20.1 Å². The van der Waals surface area contributed by atoms with E-state index in [0.29, 0.717) is 13.0 Å². The van der Waals surface area contributed by atoms with Gasteiger partial charge in [0.05, 0.1) is 18.8 Å². The van der Waals surface area contributed by atoms with Gasteiger partial charge in [-0.25, -0.2) is 18.4 Å². The standard InChI is InChI=1S/C13H19NO6S/c1-3-19-11-6-5-10(9-12(11)21(14,16)17)13(15)20-8-4-7-18-2/h5-6,9H,3-4,7-8H2,1-2H3,(H2,14,16,17). The van der Waals surface area contributed by atoms with E-state index < -0.39 is 16.0 Å². The van der Waals surface area contributed by atoms with Crippen LogP contribution in [0, 0.1) is 0 Å². The van der Waals surface area contributed by atoms with Crippen LogP contribution < -0.4 is 9.88 Å². The topological polar surface area (TPSA) is 105 Å². The molecule has 118 valence electrons. The van der Waals surface area contributed by atoms with Gasteiger partial charge in [-0.05, 0) is 25.1 Å². The third kappa shape index (κ3) is 5.33. The van der Waals surface area contributed by atoms with E-state index in [1.807, 2.05) is 0 Å². The molecule has 0 fully saturated rings. The van der Waals surface area contributed by atoms with E-state index in [-0.39, 0.29) is 29.4 Å². The molecule has 0 aliphatic rings. The van der Waals surface area contributed by atoms with Crippen LogP contribution in [0.4, 0.5) is 0 Å². The van der Waals surface area contributed by atoms with Crippen molar-refractivity contribution < 1.29 is 27.4 Å². The van der Waals surface area contributed by atoms with E-state index in [0.717, 1.165) is 6.07 Å². The molecule has 8 heteroatoms. The van der Waals surface area contributed by atoms with Gasteiger partial charge < -0.3 is 14.2 Å². The highest BCUT2D eigenvalue weighted by Gasteiger charge is 2.19. The average molecular weight is 317 g/mol. The van der Waals surface area contributed by atoms with Gasteiger partial charge in [0.2, 0.25) is 10.0 Å². The van der Waals surface area contributed by atoms with Gasteiger partial charge in [0.1, 0.15) is 10.6 Å². The van der Waals surface area contributed by atoms with Crippen molar-refractivity contribution in [2.45, 2.75) is 18.2 Å². The Bertz CT molecular complexity index is 584. The summed E-state index contributed by atoms with van der Waals surface area (Å²) in [6.07, 6.45) is 0.557. The zero-order chi connectivity index (χ0) is 15.9. The third-order valence-electron chi connectivity index (χ3n) is 2.51. The molecule has 0 saturated heterocycles. The van der Waals surface area contributed by atoms with Crippen LogP contribution in [-0.4, -0.2) is 41.3 Å². The fraction of sp³-hybridized carbons (Fsp3) is 0.462. The molecule has 0 aromatic heterocycles. The summed E-state index contributed by atoms with van der Waals surface area (Å²) in [5.74, 6) is -0.519. The minimum Gasteiger partial charge on any atom is -0.492 e. The van der Waals surface area contributed by atoms with Crippen molar-refractivity contribution in [3.05, 3.63) is 23.8 Å². The summed E-state index contributed by atoms with van der Waals surface area (Å²) >= 11 is 0. The Labute approximate surface area is 124 Å². The monoisotopic (exact) mass is 317 g/mol. The quantitative estimate of drug-likeness (QED) is 0.565. The Kier molecular flexibility index (Phi) is 6.60. The molecule has 2 N–H and O–H groups in total. The molecule has 0 heterocycles. The minimum absolute atomic E-state index is 0.0971. The van der Waals surface area contributed by atoms with Gasteiger partial charge in [-0.3, -0.25) is 0 Å². The summed E-state index contributed by atoms with van der Waals surface area (Å²) in [6, 6.07) is 3.96. The number of hydrogen-bond acceptors (Lipinski definition) is 6. The van der Waals surface area contributed by atoms with Crippen molar-refractivity contribution in [2.75, 3.05) is 26.9 Å². The molecular formula is C13H19NO6S. The first-order valence-electron chi connectivity index (χ1n) is 6.35. The van der Waals surface area contributed by atoms with Gasteiger partial charge in [0.25, 0.3) is 0 Å². The average Bonchev–Trinajstić information content (AvgIpc) is 2.43. The second-order valence-corrected chi connectivity index (χ2v) is 5.65. The maximum atomic E-state index is 11.8. The molecule has 0 unspecified atom stereocenters. The lowest BCUT2D eigenvalue weighted by molar-refractivity contribution is 0.0468. The lowest BCUT2D eigenvalue weighted by Crippen LogP contribution is -2.16. The van der Waals surface area contributed by atoms with Crippen molar-refractivity contribution in [1.82, 2.24) is 0 Å². The van der Waals surface area contributed by atoms with Crippen LogP contribution in [0.2, 0.25) is 0 Å². The van der Waals surface area contributed by atoms with Crippen LogP contribution in [0.5, 0.6) is 5.75 Å². The molecule has 0 atom stereocenters. The van der Waals surface area contributed by atoms with Crippen LogP contribution in [0.3, 0.4) is 0 Å². The van der Waals surface area contributed by atoms with E-state index in [2.05, 4.69) is 0 Å². The smallest absolute Gasteiger partial charge is 0.338 e. The summed E-state index contributed by atoms with van der Waals surface area (Å²) in [7, 11) is -2.45. The van der Waals surface area contributed by atoms with Gasteiger partial charge in [-0.15, -0.1) is 0 Å². The molecule has 0 aliphatic heterocycles. The maximum Gasteiger partial charge on any atom is 0.338 e. The number of nitrogens with two attached hydrogens (primary N) is 1. The molecule has 0 amide bonds. The molecule has 0 saturated carbocycles. The van der Waals surface area contributed by atoms with Crippen molar-refractivity contribution in [2.24, 2.45) is 5.14 Å². The Morgan fingerprint density at radius 3 is 2.57 bits per heavy atom. The normalized spacial score (nSPS) is 11.2. The number of hydrogen-bond donors (Lipinski definition) is 1. The van der Waals surface area contributed by atoms with Gasteiger partial charge in [-0.2, -0.15) is 0 Å². The second kappa shape index (κ2) is 7.96. The molecule has 1 aromatic carbocycles. The largest absolute Gasteiger partial charge is 0.492 e. The number of ether oxygens (including phenoxy) is 3. The fourth-order valence-electron chi connectivity index (χ4n) is 1.58. The first-order valence-corrected chi connectivity index (χ1v) is 7.90. The first kappa shape index (κ1) is 17.4. The minimum atomic E-state index is -3.99. The lowest BCUT2D eigenvalue weighted by Gasteiger charge is -2.10. The van der Waals surface area contributed by atoms with Crippen molar-refractivity contribution >= 4 is 16.0 Å². The van der Waals surface area contributed by atoms with Crippen molar-refractivity contribution in [3.63, 3.8) is 0 Å². The Balaban J connectivity index is 2.92. The fourth-order valence-corrected chi connectivity index (χ4v) is 2.28. The molecule has 1 rings (SSSR count). The molecular weight excluding hydrogens is 298 g/mol. The van der Waals surface area contributed by atoms with Crippen molar-refractivity contribution in [3.8, 4) is 5.75 Å². The second-order valence-electron chi connectivity index (χ2n) is 4.12. The Hall–Kier alpha value is -1.64. The molecule has 0 aliphatic carbocycles. The molecule has 7 nitrogen and oxygen atoms in total. The predicted octanol–water partition coefficient (Wildman–Crippen LogP) is 0.926. The highest BCUT2D eigenvalue weighted by molar-refractivity contribution is 7.89. The van der Waals surface area contributed by atoms with E-state index in [1.54, 1.807) is 14.0 Å². The summed E-state index contributed by atoms with van der Waals surface area (Å²) in [4.78, 5) is 11.6. The third-order valence-corrected chi connectivity index (χ3v) is 3.44. The number of carbonyl (C=O) groups is 1. The summed E-state index contributed by atoms with van der Waals surface area (Å²) < 4.78 is 38.1. The van der Waals surface area contributed by atoms with Crippen LogP contribution in [-0.2, 0) is 19.5 Å². The van der Waals surface area contributed by atoms with Crippen LogP contribution >= 0.6 is 0 Å². The van der Waals surface area contributed by atoms with Crippen LogP contribution in [0.25, 0.3) is 0 Å². The number of esters is 1. The van der Waals surface area contributed by atoms with Crippen LogP contribution in [0.15, 0.2) is 23.1 Å². The zero-order valence-electron chi connectivity index (χ0n) is 12.0. The first-order chi connectivity index (χ1) is 9.90. The highest BCUT2D eigenvalue weighted by Crippen LogP contribution is 2.24. The summed E-state index contributed by atoms with van der Waals surface area (Å²) in [6.45, 7) is 2.65. The van der Waals surface area contributed by atoms with E-state index in [1.165, 1.54) is 12.1 Å². The van der Waals surface area contributed by atoms with E-state index in [4.69, 9.17) is 19.3 Å². The number of benzene rings is 1. The predicted molar refractivity (Wildman–Crippen MR) is 75.8 cm³/mol. The number of primary sulfonamides is 1. The molecule has 21 heavy (non-hydrogen) atoms.